The van der Waals surface area contributed by atoms with Crippen LogP contribution < -0.4 is 0 Å². The summed E-state index contributed by atoms with van der Waals surface area (Å²) in [6.45, 7) is 6.37. The second-order valence-electron chi connectivity index (χ2n) is 4.13. The van der Waals surface area contributed by atoms with Crippen molar-refractivity contribution in [3.05, 3.63) is 21.4 Å². The van der Waals surface area contributed by atoms with E-state index in [0.717, 1.165) is 11.3 Å². The maximum atomic E-state index is 11.6. The second-order valence-corrected chi connectivity index (χ2v) is 5.21. The molecule has 0 amide bonds. The molecule has 1 aromatic rings. The summed E-state index contributed by atoms with van der Waals surface area (Å²) in [5, 5.41) is 0. The van der Waals surface area contributed by atoms with Crippen LogP contribution in [0.5, 0.6) is 0 Å². The molecule has 1 aliphatic carbocycles. The summed E-state index contributed by atoms with van der Waals surface area (Å²) in [5.41, 5.74) is 1.28. The van der Waals surface area contributed by atoms with E-state index in [1.54, 1.807) is 11.3 Å². The first-order valence-corrected chi connectivity index (χ1v) is 5.58. The number of fused-ring (bicyclic) bond motifs is 1. The van der Waals surface area contributed by atoms with Gasteiger partial charge in [0.25, 0.3) is 0 Å². The van der Waals surface area contributed by atoms with E-state index in [1.165, 1.54) is 10.4 Å². The van der Waals surface area contributed by atoms with Crippen LogP contribution in [0.2, 0.25) is 0 Å². The molecule has 0 saturated heterocycles. The lowest BCUT2D eigenvalue weighted by atomic mass is 10.1. The number of carbonyl (C=O) groups excluding carboxylic acids is 1. The molecule has 2 rings (SSSR count). The van der Waals surface area contributed by atoms with E-state index in [0.29, 0.717) is 11.7 Å². The van der Waals surface area contributed by atoms with Gasteiger partial charge in [-0.3, -0.25) is 4.79 Å². The average molecular weight is 194 g/mol. The van der Waals surface area contributed by atoms with Crippen molar-refractivity contribution in [1.29, 1.82) is 0 Å². The zero-order valence-electron chi connectivity index (χ0n) is 8.26. The molecule has 13 heavy (non-hydrogen) atoms. The Morgan fingerprint density at radius 1 is 1.54 bits per heavy atom. The van der Waals surface area contributed by atoms with E-state index in [-0.39, 0.29) is 5.92 Å². The fraction of sp³-hybridized carbons (Fsp3) is 0.545. The molecule has 1 heterocycles. The number of Topliss-reactive ketones (excluding diaryl/α,β-unsaturated/α-hetero) is 1. The van der Waals surface area contributed by atoms with Gasteiger partial charge in [-0.15, -0.1) is 11.3 Å². The Labute approximate surface area is 82.8 Å². The minimum atomic E-state index is 0.225. The number of thiophene rings is 1. The van der Waals surface area contributed by atoms with Crippen LogP contribution in [-0.2, 0) is 6.42 Å². The van der Waals surface area contributed by atoms with Gasteiger partial charge in [0, 0.05) is 10.8 Å². The summed E-state index contributed by atoms with van der Waals surface area (Å²) in [6.07, 6.45) is 0.956. The molecule has 0 fully saturated rings. The smallest absolute Gasteiger partial charge is 0.176 e. The van der Waals surface area contributed by atoms with Crippen molar-refractivity contribution in [3.8, 4) is 0 Å². The molecule has 1 nitrogen and oxygen atoms in total. The summed E-state index contributed by atoms with van der Waals surface area (Å²) in [5.74, 6) is 1.13. The molecule has 0 aliphatic heterocycles. The average Bonchev–Trinajstić information content (AvgIpc) is 2.55. The van der Waals surface area contributed by atoms with Gasteiger partial charge in [-0.05, 0) is 24.0 Å². The van der Waals surface area contributed by atoms with Gasteiger partial charge in [0.05, 0.1) is 4.88 Å². The van der Waals surface area contributed by atoms with E-state index in [9.17, 15) is 4.79 Å². The molecule has 0 N–H and O–H groups in total. The summed E-state index contributed by atoms with van der Waals surface area (Å²) in [4.78, 5) is 14.0. The Morgan fingerprint density at radius 2 is 2.23 bits per heavy atom. The Hall–Kier alpha value is -0.630. The number of hydrogen-bond donors (Lipinski definition) is 0. The molecule has 0 bridgehead atoms. The molecule has 1 unspecified atom stereocenters. The van der Waals surface area contributed by atoms with Crippen LogP contribution in [0.25, 0.3) is 0 Å². The summed E-state index contributed by atoms with van der Waals surface area (Å²) in [6, 6.07) is 2.21. The Bertz CT molecular complexity index is 349. The van der Waals surface area contributed by atoms with E-state index in [4.69, 9.17) is 0 Å². The van der Waals surface area contributed by atoms with Crippen molar-refractivity contribution in [3.63, 3.8) is 0 Å². The molecule has 2 heteroatoms. The van der Waals surface area contributed by atoms with Gasteiger partial charge in [0.1, 0.15) is 0 Å². The van der Waals surface area contributed by atoms with Crippen LogP contribution in [0, 0.1) is 5.92 Å². The topological polar surface area (TPSA) is 17.1 Å². The number of rotatable bonds is 1. The molecular weight excluding hydrogens is 180 g/mol. The highest BCUT2D eigenvalue weighted by atomic mass is 32.1. The standard InChI is InChI=1S/C11H14OS/c1-6(2)9-5-8-4-7(3)10(12)11(8)13-9/h5-7H,4H2,1-3H3. The van der Waals surface area contributed by atoms with Gasteiger partial charge in [-0.25, -0.2) is 0 Å². The van der Waals surface area contributed by atoms with Crippen LogP contribution in [0.4, 0.5) is 0 Å². The first-order chi connectivity index (χ1) is 6.09. The fourth-order valence-corrected chi connectivity index (χ4v) is 2.99. The van der Waals surface area contributed by atoms with E-state index in [1.807, 2.05) is 6.92 Å². The molecule has 1 aliphatic rings. The highest BCUT2D eigenvalue weighted by Gasteiger charge is 2.29. The highest BCUT2D eigenvalue weighted by Crippen LogP contribution is 2.36. The van der Waals surface area contributed by atoms with E-state index >= 15 is 0 Å². The third-order valence-corrected chi connectivity index (χ3v) is 4.09. The molecular formula is C11H14OS. The summed E-state index contributed by atoms with van der Waals surface area (Å²) in [7, 11) is 0. The maximum Gasteiger partial charge on any atom is 0.176 e. The molecule has 0 spiro atoms. The van der Waals surface area contributed by atoms with Crippen molar-refractivity contribution in [2.24, 2.45) is 5.92 Å². The van der Waals surface area contributed by atoms with Crippen LogP contribution in [0.15, 0.2) is 6.07 Å². The van der Waals surface area contributed by atoms with Crippen LogP contribution in [-0.4, -0.2) is 5.78 Å². The van der Waals surface area contributed by atoms with Crippen molar-refractivity contribution in [2.75, 3.05) is 0 Å². The monoisotopic (exact) mass is 194 g/mol. The lowest BCUT2D eigenvalue weighted by Gasteiger charge is -2.00. The zero-order valence-corrected chi connectivity index (χ0v) is 9.07. The Morgan fingerprint density at radius 3 is 2.77 bits per heavy atom. The van der Waals surface area contributed by atoms with Crippen LogP contribution in [0.3, 0.4) is 0 Å². The SMILES string of the molecule is CC1Cc2cc(C(C)C)sc2C1=O. The predicted octanol–water partition coefficient (Wildman–Crippen LogP) is 3.25. The third-order valence-electron chi connectivity index (χ3n) is 2.59. The van der Waals surface area contributed by atoms with E-state index in [2.05, 4.69) is 19.9 Å². The summed E-state index contributed by atoms with van der Waals surface area (Å²) < 4.78 is 0. The van der Waals surface area contributed by atoms with Gasteiger partial charge < -0.3 is 0 Å². The molecule has 0 saturated carbocycles. The lowest BCUT2D eigenvalue weighted by Crippen LogP contribution is -2.02. The Balaban J connectivity index is 2.40. The fourth-order valence-electron chi connectivity index (χ4n) is 1.74. The van der Waals surface area contributed by atoms with Crippen LogP contribution >= 0.6 is 11.3 Å². The number of ketones is 1. The summed E-state index contributed by atoms with van der Waals surface area (Å²) >= 11 is 1.69. The van der Waals surface area contributed by atoms with E-state index < -0.39 is 0 Å². The van der Waals surface area contributed by atoms with Gasteiger partial charge in [-0.2, -0.15) is 0 Å². The molecule has 1 atom stereocenters. The van der Waals surface area contributed by atoms with Crippen molar-refractivity contribution in [1.82, 2.24) is 0 Å². The number of carbonyl (C=O) groups is 1. The molecule has 1 aromatic heterocycles. The van der Waals surface area contributed by atoms with Crippen molar-refractivity contribution < 1.29 is 4.79 Å². The minimum absolute atomic E-state index is 0.225. The predicted molar refractivity (Wildman–Crippen MR) is 55.6 cm³/mol. The quantitative estimate of drug-likeness (QED) is 0.670. The minimum Gasteiger partial charge on any atom is -0.293 e. The molecule has 70 valence electrons. The van der Waals surface area contributed by atoms with Crippen molar-refractivity contribution in [2.45, 2.75) is 33.1 Å². The molecule has 0 radical (unpaired) electrons. The Kier molecular flexibility index (Phi) is 2.03. The van der Waals surface area contributed by atoms with Gasteiger partial charge in [0.2, 0.25) is 0 Å². The maximum absolute atomic E-state index is 11.6. The van der Waals surface area contributed by atoms with Crippen LogP contribution in [0.1, 0.15) is 46.8 Å². The number of hydrogen-bond acceptors (Lipinski definition) is 2. The second kappa shape index (κ2) is 2.95. The largest absolute Gasteiger partial charge is 0.293 e. The molecule has 0 aromatic carbocycles. The van der Waals surface area contributed by atoms with Gasteiger partial charge in [-0.1, -0.05) is 20.8 Å². The first-order valence-electron chi connectivity index (χ1n) is 4.76. The van der Waals surface area contributed by atoms with Gasteiger partial charge >= 0.3 is 0 Å². The first kappa shape index (κ1) is 8.95. The van der Waals surface area contributed by atoms with Gasteiger partial charge in [0.15, 0.2) is 5.78 Å². The lowest BCUT2D eigenvalue weighted by molar-refractivity contribution is 0.0949. The normalized spacial score (nSPS) is 21.2. The third kappa shape index (κ3) is 1.33. The highest BCUT2D eigenvalue weighted by molar-refractivity contribution is 7.14. The van der Waals surface area contributed by atoms with Crippen molar-refractivity contribution >= 4 is 17.1 Å². The zero-order chi connectivity index (χ0) is 9.59.